The van der Waals surface area contributed by atoms with E-state index in [0.717, 1.165) is 12.8 Å². The topological polar surface area (TPSA) is 61.4 Å². The van der Waals surface area contributed by atoms with Crippen molar-refractivity contribution in [3.8, 4) is 0 Å². The summed E-state index contributed by atoms with van der Waals surface area (Å²) < 4.78 is 0. The Labute approximate surface area is 78.7 Å². The summed E-state index contributed by atoms with van der Waals surface area (Å²) in [5.74, 6) is 0. The van der Waals surface area contributed by atoms with Crippen LogP contribution in [0.5, 0.6) is 0 Å². The second-order valence-corrected chi connectivity index (χ2v) is 4.14. The van der Waals surface area contributed by atoms with E-state index in [0.29, 0.717) is 6.54 Å². The van der Waals surface area contributed by atoms with Crippen molar-refractivity contribution >= 4 is 6.03 Å². The molecule has 0 saturated heterocycles. The van der Waals surface area contributed by atoms with E-state index in [1.54, 1.807) is 0 Å². The molecule has 1 rings (SSSR count). The zero-order chi connectivity index (χ0) is 9.90. The quantitative estimate of drug-likeness (QED) is 0.597. The summed E-state index contributed by atoms with van der Waals surface area (Å²) >= 11 is 0. The smallest absolute Gasteiger partial charge is 0.315 e. The summed E-state index contributed by atoms with van der Waals surface area (Å²) in [6.07, 6.45) is 2.04. The SMILES string of the molecule is CC(C)NC(=O)NCC1(CO)CC1. The number of carbonyl (C=O) groups is 1. The van der Waals surface area contributed by atoms with E-state index in [9.17, 15) is 4.79 Å². The Balaban J connectivity index is 2.15. The minimum atomic E-state index is -0.144. The van der Waals surface area contributed by atoms with Crippen molar-refractivity contribution in [2.75, 3.05) is 13.2 Å². The molecule has 0 aromatic rings. The minimum absolute atomic E-state index is 0.00564. The molecule has 76 valence electrons. The molecule has 1 aliphatic rings. The van der Waals surface area contributed by atoms with Crippen LogP contribution in [0.4, 0.5) is 4.79 Å². The molecular weight excluding hydrogens is 168 g/mol. The van der Waals surface area contributed by atoms with Crippen LogP contribution in [-0.4, -0.2) is 30.3 Å². The molecule has 2 amide bonds. The molecule has 0 bridgehead atoms. The van der Waals surface area contributed by atoms with E-state index in [-0.39, 0.29) is 24.1 Å². The molecular formula is C9H18N2O2. The molecule has 0 heterocycles. The standard InChI is InChI=1S/C9H18N2O2/c1-7(2)11-8(13)10-5-9(6-12)3-4-9/h7,12H,3-6H2,1-2H3,(H2,10,11,13). The lowest BCUT2D eigenvalue weighted by Crippen LogP contribution is -2.42. The molecule has 1 saturated carbocycles. The monoisotopic (exact) mass is 186 g/mol. The molecule has 0 atom stereocenters. The van der Waals surface area contributed by atoms with Gasteiger partial charge in [-0.05, 0) is 26.7 Å². The van der Waals surface area contributed by atoms with Gasteiger partial charge < -0.3 is 15.7 Å². The van der Waals surface area contributed by atoms with Crippen molar-refractivity contribution < 1.29 is 9.90 Å². The van der Waals surface area contributed by atoms with E-state index in [1.165, 1.54) is 0 Å². The van der Waals surface area contributed by atoms with E-state index in [4.69, 9.17) is 5.11 Å². The highest BCUT2D eigenvalue weighted by Crippen LogP contribution is 2.44. The third-order valence-electron chi connectivity index (χ3n) is 2.34. The predicted octanol–water partition coefficient (Wildman–Crippen LogP) is 0.466. The lowest BCUT2D eigenvalue weighted by molar-refractivity contribution is 0.202. The number of rotatable bonds is 4. The Kier molecular flexibility index (Phi) is 3.14. The maximum absolute atomic E-state index is 11.1. The van der Waals surface area contributed by atoms with E-state index < -0.39 is 0 Å². The molecule has 0 aliphatic heterocycles. The second kappa shape index (κ2) is 3.96. The van der Waals surface area contributed by atoms with Crippen molar-refractivity contribution in [3.63, 3.8) is 0 Å². The van der Waals surface area contributed by atoms with Crippen LogP contribution in [-0.2, 0) is 0 Å². The summed E-state index contributed by atoms with van der Waals surface area (Å²) in [5.41, 5.74) is -0.00564. The van der Waals surface area contributed by atoms with Gasteiger partial charge in [0.15, 0.2) is 0 Å². The number of urea groups is 1. The summed E-state index contributed by atoms with van der Waals surface area (Å²) in [6, 6.07) is 0.0130. The Morgan fingerprint density at radius 3 is 2.54 bits per heavy atom. The average molecular weight is 186 g/mol. The van der Waals surface area contributed by atoms with Crippen LogP contribution in [0.3, 0.4) is 0 Å². The third kappa shape index (κ3) is 3.22. The van der Waals surface area contributed by atoms with Crippen molar-refractivity contribution in [2.45, 2.75) is 32.7 Å². The minimum Gasteiger partial charge on any atom is -0.396 e. The van der Waals surface area contributed by atoms with E-state index in [1.807, 2.05) is 13.8 Å². The normalized spacial score (nSPS) is 18.5. The van der Waals surface area contributed by atoms with Crippen LogP contribution in [0.15, 0.2) is 0 Å². The lowest BCUT2D eigenvalue weighted by atomic mass is 10.1. The number of hydrogen-bond donors (Lipinski definition) is 3. The van der Waals surface area contributed by atoms with Gasteiger partial charge in [-0.2, -0.15) is 0 Å². The average Bonchev–Trinajstić information content (AvgIpc) is 2.80. The molecule has 13 heavy (non-hydrogen) atoms. The van der Waals surface area contributed by atoms with E-state index >= 15 is 0 Å². The number of hydrogen-bond acceptors (Lipinski definition) is 2. The molecule has 0 aromatic heterocycles. The maximum atomic E-state index is 11.1. The van der Waals surface area contributed by atoms with Gasteiger partial charge in [0.1, 0.15) is 0 Å². The summed E-state index contributed by atoms with van der Waals surface area (Å²) in [6.45, 7) is 4.59. The number of amides is 2. The molecule has 0 spiro atoms. The van der Waals surface area contributed by atoms with Gasteiger partial charge in [-0.25, -0.2) is 4.79 Å². The summed E-state index contributed by atoms with van der Waals surface area (Å²) in [7, 11) is 0. The molecule has 0 aromatic carbocycles. The molecule has 4 heteroatoms. The Morgan fingerprint density at radius 2 is 2.15 bits per heavy atom. The zero-order valence-electron chi connectivity index (χ0n) is 8.26. The number of nitrogens with one attached hydrogen (secondary N) is 2. The van der Waals surface area contributed by atoms with Gasteiger partial charge in [0.05, 0.1) is 6.61 Å². The Bertz CT molecular complexity index is 188. The molecule has 1 aliphatic carbocycles. The van der Waals surface area contributed by atoms with Gasteiger partial charge in [-0.15, -0.1) is 0 Å². The first-order valence-corrected chi connectivity index (χ1v) is 4.73. The molecule has 4 nitrogen and oxygen atoms in total. The Morgan fingerprint density at radius 1 is 1.54 bits per heavy atom. The van der Waals surface area contributed by atoms with Gasteiger partial charge in [0.25, 0.3) is 0 Å². The van der Waals surface area contributed by atoms with Crippen molar-refractivity contribution in [1.82, 2.24) is 10.6 Å². The fourth-order valence-electron chi connectivity index (χ4n) is 1.15. The molecule has 0 radical (unpaired) electrons. The first-order valence-electron chi connectivity index (χ1n) is 4.73. The van der Waals surface area contributed by atoms with Gasteiger partial charge in [0, 0.05) is 18.0 Å². The van der Waals surface area contributed by atoms with Crippen LogP contribution in [0.2, 0.25) is 0 Å². The number of carbonyl (C=O) groups excluding carboxylic acids is 1. The van der Waals surface area contributed by atoms with Gasteiger partial charge >= 0.3 is 6.03 Å². The van der Waals surface area contributed by atoms with E-state index in [2.05, 4.69) is 10.6 Å². The van der Waals surface area contributed by atoms with Gasteiger partial charge in [-0.3, -0.25) is 0 Å². The van der Waals surface area contributed by atoms with Crippen LogP contribution in [0, 0.1) is 5.41 Å². The van der Waals surface area contributed by atoms with Crippen molar-refractivity contribution in [3.05, 3.63) is 0 Å². The van der Waals surface area contributed by atoms with Gasteiger partial charge in [-0.1, -0.05) is 0 Å². The van der Waals surface area contributed by atoms with Crippen molar-refractivity contribution in [1.29, 1.82) is 0 Å². The molecule has 1 fully saturated rings. The van der Waals surface area contributed by atoms with Crippen LogP contribution >= 0.6 is 0 Å². The first-order chi connectivity index (χ1) is 6.08. The van der Waals surface area contributed by atoms with Crippen molar-refractivity contribution in [2.24, 2.45) is 5.41 Å². The Hall–Kier alpha value is -0.770. The summed E-state index contributed by atoms with van der Waals surface area (Å²) in [5, 5.41) is 14.5. The molecule has 3 N–H and O–H groups in total. The highest BCUT2D eigenvalue weighted by atomic mass is 16.3. The van der Waals surface area contributed by atoms with Crippen LogP contribution < -0.4 is 10.6 Å². The first kappa shape index (κ1) is 10.3. The maximum Gasteiger partial charge on any atom is 0.315 e. The highest BCUT2D eigenvalue weighted by molar-refractivity contribution is 5.74. The third-order valence-corrected chi connectivity index (χ3v) is 2.34. The molecule has 0 unspecified atom stereocenters. The fourth-order valence-corrected chi connectivity index (χ4v) is 1.15. The largest absolute Gasteiger partial charge is 0.396 e. The fraction of sp³-hybridized carbons (Fsp3) is 0.889. The number of aliphatic hydroxyl groups excluding tert-OH is 1. The number of aliphatic hydroxyl groups is 1. The van der Waals surface area contributed by atoms with Crippen LogP contribution in [0.1, 0.15) is 26.7 Å². The van der Waals surface area contributed by atoms with Gasteiger partial charge in [0.2, 0.25) is 0 Å². The summed E-state index contributed by atoms with van der Waals surface area (Å²) in [4.78, 5) is 11.1. The van der Waals surface area contributed by atoms with Crippen LogP contribution in [0.25, 0.3) is 0 Å². The second-order valence-electron chi connectivity index (χ2n) is 4.14. The zero-order valence-corrected chi connectivity index (χ0v) is 8.26. The lowest BCUT2D eigenvalue weighted by Gasteiger charge is -2.14. The highest BCUT2D eigenvalue weighted by Gasteiger charge is 2.42. The predicted molar refractivity (Wildman–Crippen MR) is 50.4 cm³/mol.